The minimum Gasteiger partial charge on any atom is -0.388 e. The Balaban J connectivity index is 2.18. The van der Waals surface area contributed by atoms with Crippen LogP contribution >= 0.6 is 11.6 Å². The number of ether oxygens (including phenoxy) is 1. The lowest BCUT2D eigenvalue weighted by atomic mass is 9.75. The molecule has 1 aliphatic rings. The summed E-state index contributed by atoms with van der Waals surface area (Å²) in [6, 6.07) is 3.92. The number of benzene rings is 1. The third-order valence-corrected chi connectivity index (χ3v) is 4.58. The van der Waals surface area contributed by atoms with Gasteiger partial charge in [-0.2, -0.15) is 0 Å². The molecule has 3 heteroatoms. The molecule has 1 aromatic rings. The fraction of sp³-hybridized carbons (Fsp3) is 0.600. The third kappa shape index (κ3) is 2.56. The van der Waals surface area contributed by atoms with E-state index in [-0.39, 0.29) is 5.60 Å². The average molecular weight is 269 g/mol. The molecule has 100 valence electrons. The Morgan fingerprint density at radius 3 is 2.50 bits per heavy atom. The normalized spacial score (nSPS) is 19.4. The molecule has 0 radical (unpaired) electrons. The van der Waals surface area contributed by atoms with Crippen LogP contribution in [0.25, 0.3) is 0 Å². The van der Waals surface area contributed by atoms with Crippen LogP contribution < -0.4 is 0 Å². The molecule has 0 amide bonds. The number of aliphatic hydroxyl groups excluding tert-OH is 1. The van der Waals surface area contributed by atoms with Gasteiger partial charge < -0.3 is 9.84 Å². The molecule has 1 unspecified atom stereocenters. The number of rotatable bonds is 4. The molecule has 0 spiro atoms. The van der Waals surface area contributed by atoms with E-state index in [9.17, 15) is 5.11 Å². The van der Waals surface area contributed by atoms with E-state index < -0.39 is 6.10 Å². The molecule has 1 fully saturated rings. The van der Waals surface area contributed by atoms with Crippen molar-refractivity contribution in [2.45, 2.75) is 51.2 Å². The summed E-state index contributed by atoms with van der Waals surface area (Å²) in [5.74, 6) is 0. The van der Waals surface area contributed by atoms with Crippen molar-refractivity contribution >= 4 is 11.6 Å². The minimum absolute atomic E-state index is 0.112. The molecule has 0 aromatic heterocycles. The van der Waals surface area contributed by atoms with Gasteiger partial charge in [0.1, 0.15) is 0 Å². The summed E-state index contributed by atoms with van der Waals surface area (Å²) in [5.41, 5.74) is 2.92. The first-order valence-electron chi connectivity index (χ1n) is 6.47. The molecule has 1 atom stereocenters. The second-order valence-electron chi connectivity index (χ2n) is 5.42. The Morgan fingerprint density at radius 2 is 2.00 bits per heavy atom. The fourth-order valence-electron chi connectivity index (χ4n) is 2.69. The van der Waals surface area contributed by atoms with Crippen LogP contribution in [0.4, 0.5) is 0 Å². The van der Waals surface area contributed by atoms with Crippen molar-refractivity contribution in [1.29, 1.82) is 0 Å². The van der Waals surface area contributed by atoms with Gasteiger partial charge in [-0.05, 0) is 55.9 Å². The number of aliphatic hydroxyl groups is 1. The van der Waals surface area contributed by atoms with E-state index in [2.05, 4.69) is 0 Å². The lowest BCUT2D eigenvalue weighted by molar-refractivity contribution is -0.0999. The van der Waals surface area contributed by atoms with E-state index in [0.29, 0.717) is 6.42 Å². The van der Waals surface area contributed by atoms with Crippen molar-refractivity contribution in [3.8, 4) is 0 Å². The zero-order chi connectivity index (χ0) is 13.3. The first kappa shape index (κ1) is 13.9. The summed E-state index contributed by atoms with van der Waals surface area (Å²) in [7, 11) is 1.74. The van der Waals surface area contributed by atoms with Crippen molar-refractivity contribution in [3.63, 3.8) is 0 Å². The van der Waals surface area contributed by atoms with Gasteiger partial charge in [0.15, 0.2) is 0 Å². The van der Waals surface area contributed by atoms with E-state index in [4.69, 9.17) is 16.3 Å². The van der Waals surface area contributed by atoms with Gasteiger partial charge in [0.2, 0.25) is 0 Å². The summed E-state index contributed by atoms with van der Waals surface area (Å²) in [4.78, 5) is 0. The monoisotopic (exact) mass is 268 g/mol. The lowest BCUT2D eigenvalue weighted by Crippen LogP contribution is -2.40. The third-order valence-electron chi connectivity index (χ3n) is 4.17. The van der Waals surface area contributed by atoms with Gasteiger partial charge in [-0.15, -0.1) is 0 Å². The zero-order valence-electron chi connectivity index (χ0n) is 11.3. The maximum atomic E-state index is 10.4. The van der Waals surface area contributed by atoms with Gasteiger partial charge in [0.05, 0.1) is 11.7 Å². The highest BCUT2D eigenvalue weighted by Crippen LogP contribution is 2.42. The lowest BCUT2D eigenvalue weighted by Gasteiger charge is -2.42. The SMILES string of the molecule is COC1(CC(O)c2cc(C)c(Cl)cc2C)CCC1. The highest BCUT2D eigenvalue weighted by atomic mass is 35.5. The maximum Gasteiger partial charge on any atom is 0.0820 e. The molecule has 2 nitrogen and oxygen atoms in total. The summed E-state index contributed by atoms with van der Waals surface area (Å²) >= 11 is 6.08. The van der Waals surface area contributed by atoms with Crippen LogP contribution in [0.15, 0.2) is 12.1 Å². The molecule has 2 rings (SSSR count). The second-order valence-corrected chi connectivity index (χ2v) is 5.83. The van der Waals surface area contributed by atoms with E-state index in [0.717, 1.165) is 34.6 Å². The van der Waals surface area contributed by atoms with Crippen molar-refractivity contribution in [3.05, 3.63) is 33.8 Å². The van der Waals surface area contributed by atoms with Gasteiger partial charge in [0.25, 0.3) is 0 Å². The molecular weight excluding hydrogens is 248 g/mol. The predicted octanol–water partition coefficient (Wildman–Crippen LogP) is 3.95. The van der Waals surface area contributed by atoms with Crippen LogP contribution in [0, 0.1) is 13.8 Å². The van der Waals surface area contributed by atoms with Crippen LogP contribution in [0.1, 0.15) is 48.5 Å². The highest BCUT2D eigenvalue weighted by Gasteiger charge is 2.39. The van der Waals surface area contributed by atoms with E-state index in [1.54, 1.807) is 7.11 Å². The molecule has 1 aliphatic carbocycles. The number of aryl methyl sites for hydroxylation is 2. The van der Waals surface area contributed by atoms with E-state index in [1.165, 1.54) is 6.42 Å². The molecule has 0 heterocycles. The molecule has 0 aliphatic heterocycles. The topological polar surface area (TPSA) is 29.5 Å². The fourth-order valence-corrected chi connectivity index (χ4v) is 2.91. The zero-order valence-corrected chi connectivity index (χ0v) is 12.0. The second kappa shape index (κ2) is 5.20. The molecule has 0 saturated heterocycles. The van der Waals surface area contributed by atoms with Crippen molar-refractivity contribution in [2.75, 3.05) is 7.11 Å². The Hall–Kier alpha value is -0.570. The van der Waals surface area contributed by atoms with Crippen molar-refractivity contribution in [1.82, 2.24) is 0 Å². The number of hydrogen-bond donors (Lipinski definition) is 1. The summed E-state index contributed by atoms with van der Waals surface area (Å²) in [5, 5.41) is 11.2. The predicted molar refractivity (Wildman–Crippen MR) is 74.1 cm³/mol. The molecule has 18 heavy (non-hydrogen) atoms. The van der Waals surface area contributed by atoms with Gasteiger partial charge in [0, 0.05) is 18.6 Å². The maximum absolute atomic E-state index is 10.4. The van der Waals surface area contributed by atoms with E-state index >= 15 is 0 Å². The number of halogens is 1. The Morgan fingerprint density at radius 1 is 1.33 bits per heavy atom. The number of methoxy groups -OCH3 is 1. The highest BCUT2D eigenvalue weighted by molar-refractivity contribution is 6.31. The van der Waals surface area contributed by atoms with Gasteiger partial charge in [-0.25, -0.2) is 0 Å². The Kier molecular flexibility index (Phi) is 4.00. The Bertz CT molecular complexity index is 433. The van der Waals surface area contributed by atoms with Crippen LogP contribution in [0.5, 0.6) is 0 Å². The number of hydrogen-bond acceptors (Lipinski definition) is 2. The quantitative estimate of drug-likeness (QED) is 0.896. The van der Waals surface area contributed by atoms with Crippen molar-refractivity contribution in [2.24, 2.45) is 0 Å². The van der Waals surface area contributed by atoms with Crippen LogP contribution in [0.3, 0.4) is 0 Å². The molecule has 1 aromatic carbocycles. The minimum atomic E-state index is -0.471. The smallest absolute Gasteiger partial charge is 0.0820 e. The van der Waals surface area contributed by atoms with Gasteiger partial charge in [-0.3, -0.25) is 0 Å². The first-order valence-corrected chi connectivity index (χ1v) is 6.85. The Labute approximate surface area is 114 Å². The molecular formula is C15H21ClO2. The first-order chi connectivity index (χ1) is 8.47. The van der Waals surface area contributed by atoms with Crippen LogP contribution in [-0.2, 0) is 4.74 Å². The van der Waals surface area contributed by atoms with Crippen LogP contribution in [-0.4, -0.2) is 17.8 Å². The standard InChI is InChI=1S/C15H21ClO2/c1-10-8-13(16)11(2)7-12(10)14(17)9-15(18-3)5-4-6-15/h7-8,14,17H,4-6,9H2,1-3H3. The molecule has 1 saturated carbocycles. The van der Waals surface area contributed by atoms with Crippen LogP contribution in [0.2, 0.25) is 5.02 Å². The molecule has 0 bridgehead atoms. The summed E-state index contributed by atoms with van der Waals surface area (Å²) in [6.45, 7) is 3.96. The van der Waals surface area contributed by atoms with Gasteiger partial charge >= 0.3 is 0 Å². The summed E-state index contributed by atoms with van der Waals surface area (Å²) < 4.78 is 5.57. The largest absolute Gasteiger partial charge is 0.388 e. The van der Waals surface area contributed by atoms with Crippen molar-refractivity contribution < 1.29 is 9.84 Å². The average Bonchev–Trinajstić information content (AvgIpc) is 2.28. The molecule has 1 N–H and O–H groups in total. The summed E-state index contributed by atoms with van der Waals surface area (Å²) in [6.07, 6.45) is 3.49. The van der Waals surface area contributed by atoms with Gasteiger partial charge in [-0.1, -0.05) is 17.7 Å². The van der Waals surface area contributed by atoms with E-state index in [1.807, 2.05) is 26.0 Å².